The third-order valence-electron chi connectivity index (χ3n) is 3.22. The maximum Gasteiger partial charge on any atom is 0.331 e. The van der Waals surface area contributed by atoms with Gasteiger partial charge in [0.05, 0.1) is 19.6 Å². The number of carbonyl (C=O) groups excluding carboxylic acids is 1. The zero-order valence-electron chi connectivity index (χ0n) is 11.2. The number of aliphatic carboxylic acids is 1. The number of carbonyl (C=O) groups is 2. The number of ether oxygens (including phenoxy) is 2. The molecule has 0 radical (unpaired) electrons. The van der Waals surface area contributed by atoms with Gasteiger partial charge in [-0.2, -0.15) is 0 Å². The molecule has 0 bridgehead atoms. The Balaban J connectivity index is 2.08. The van der Waals surface area contributed by atoms with E-state index in [1.165, 1.54) is 0 Å². The monoisotopic (exact) mass is 276 g/mol. The van der Waals surface area contributed by atoms with Crippen LogP contribution >= 0.6 is 0 Å². The topological polar surface area (TPSA) is 72.8 Å². The number of carboxylic acids is 1. The highest BCUT2D eigenvalue weighted by atomic mass is 16.6. The summed E-state index contributed by atoms with van der Waals surface area (Å²) in [7, 11) is 0. The van der Waals surface area contributed by atoms with Crippen LogP contribution in [0.1, 0.15) is 17.5 Å². The summed E-state index contributed by atoms with van der Waals surface area (Å²) in [5.74, 6) is -1.81. The fourth-order valence-electron chi connectivity index (χ4n) is 1.93. The molecule has 106 valence electrons. The van der Waals surface area contributed by atoms with Gasteiger partial charge in [-0.25, -0.2) is 4.79 Å². The van der Waals surface area contributed by atoms with E-state index in [0.717, 1.165) is 11.1 Å². The van der Waals surface area contributed by atoms with E-state index in [0.29, 0.717) is 0 Å². The quantitative estimate of drug-likeness (QED) is 0.655. The van der Waals surface area contributed by atoms with E-state index in [2.05, 4.69) is 6.58 Å². The second-order valence-corrected chi connectivity index (χ2v) is 4.91. The summed E-state index contributed by atoms with van der Waals surface area (Å²) in [6.07, 6.45) is -0.330. The van der Waals surface area contributed by atoms with Gasteiger partial charge in [-0.1, -0.05) is 36.4 Å². The van der Waals surface area contributed by atoms with Gasteiger partial charge in [0.25, 0.3) is 0 Å². The van der Waals surface area contributed by atoms with Gasteiger partial charge in [-0.3, -0.25) is 4.79 Å². The molecule has 2 rings (SSSR count). The molecule has 1 N–H and O–H groups in total. The average molecular weight is 276 g/mol. The Labute approximate surface area is 116 Å². The summed E-state index contributed by atoms with van der Waals surface area (Å²) >= 11 is 0. The molecule has 1 heterocycles. The highest BCUT2D eigenvalue weighted by Gasteiger charge is 2.44. The van der Waals surface area contributed by atoms with Crippen molar-refractivity contribution in [2.24, 2.45) is 0 Å². The molecule has 0 spiro atoms. The molecule has 5 nitrogen and oxygen atoms in total. The summed E-state index contributed by atoms with van der Waals surface area (Å²) in [4.78, 5) is 22.5. The van der Waals surface area contributed by atoms with E-state index >= 15 is 0 Å². The molecule has 1 aliphatic heterocycles. The SMILES string of the molecule is C=C(CC(=O)OC1(c2ccc(C)cc2)COC1)C(=O)O. The maximum absolute atomic E-state index is 11.8. The predicted molar refractivity (Wildman–Crippen MR) is 71.2 cm³/mol. The highest BCUT2D eigenvalue weighted by molar-refractivity contribution is 5.91. The van der Waals surface area contributed by atoms with E-state index < -0.39 is 17.5 Å². The number of hydrogen-bond donors (Lipinski definition) is 1. The molecule has 0 saturated carbocycles. The Kier molecular flexibility index (Phi) is 3.90. The van der Waals surface area contributed by atoms with Crippen molar-refractivity contribution in [3.8, 4) is 0 Å². The largest absolute Gasteiger partial charge is 0.478 e. The first-order valence-corrected chi connectivity index (χ1v) is 6.21. The van der Waals surface area contributed by atoms with E-state index in [1.807, 2.05) is 31.2 Å². The average Bonchev–Trinajstić information content (AvgIpc) is 2.35. The summed E-state index contributed by atoms with van der Waals surface area (Å²) in [6, 6.07) is 7.63. The fourth-order valence-corrected chi connectivity index (χ4v) is 1.93. The Morgan fingerprint density at radius 3 is 2.40 bits per heavy atom. The summed E-state index contributed by atoms with van der Waals surface area (Å²) in [6.45, 7) is 5.85. The molecule has 1 aromatic rings. The zero-order chi connectivity index (χ0) is 14.8. The van der Waals surface area contributed by atoms with Crippen LogP contribution in [0.4, 0.5) is 0 Å². The van der Waals surface area contributed by atoms with Crippen molar-refractivity contribution in [3.63, 3.8) is 0 Å². The van der Waals surface area contributed by atoms with Crippen molar-refractivity contribution in [1.82, 2.24) is 0 Å². The van der Waals surface area contributed by atoms with Gasteiger partial charge in [0.2, 0.25) is 0 Å². The lowest BCUT2D eigenvalue weighted by atomic mass is 9.91. The summed E-state index contributed by atoms with van der Waals surface area (Å²) < 4.78 is 10.6. The smallest absolute Gasteiger partial charge is 0.331 e. The van der Waals surface area contributed by atoms with Crippen LogP contribution < -0.4 is 0 Å². The van der Waals surface area contributed by atoms with E-state index in [9.17, 15) is 9.59 Å². The molecule has 1 aliphatic rings. The molecule has 0 aromatic heterocycles. The van der Waals surface area contributed by atoms with Gasteiger partial charge in [-0.15, -0.1) is 0 Å². The second kappa shape index (κ2) is 5.46. The number of aryl methyl sites for hydroxylation is 1. The second-order valence-electron chi connectivity index (χ2n) is 4.91. The van der Waals surface area contributed by atoms with Crippen LogP contribution in [0, 0.1) is 6.92 Å². The first-order chi connectivity index (χ1) is 9.43. The lowest BCUT2D eigenvalue weighted by molar-refractivity contribution is -0.217. The van der Waals surface area contributed by atoms with Crippen molar-refractivity contribution in [1.29, 1.82) is 0 Å². The molecule has 0 aliphatic carbocycles. The molecular weight excluding hydrogens is 260 g/mol. The van der Waals surface area contributed by atoms with Crippen molar-refractivity contribution >= 4 is 11.9 Å². The van der Waals surface area contributed by atoms with Gasteiger partial charge < -0.3 is 14.6 Å². The number of carboxylic acid groups (broad SMARTS) is 1. The van der Waals surface area contributed by atoms with Crippen molar-refractivity contribution in [3.05, 3.63) is 47.5 Å². The predicted octanol–water partition coefficient (Wildman–Crippen LogP) is 1.79. The molecule has 0 amide bonds. The third-order valence-corrected chi connectivity index (χ3v) is 3.22. The number of hydrogen-bond acceptors (Lipinski definition) is 4. The van der Waals surface area contributed by atoms with Crippen molar-refractivity contribution < 1.29 is 24.2 Å². The lowest BCUT2D eigenvalue weighted by Crippen LogP contribution is -2.50. The van der Waals surface area contributed by atoms with Crippen molar-refractivity contribution in [2.45, 2.75) is 18.9 Å². The highest BCUT2D eigenvalue weighted by Crippen LogP contribution is 2.34. The Hall–Kier alpha value is -2.14. The molecule has 1 saturated heterocycles. The molecule has 1 fully saturated rings. The molecular formula is C15H16O5. The van der Waals surface area contributed by atoms with Gasteiger partial charge in [0, 0.05) is 11.1 Å². The van der Waals surface area contributed by atoms with Crippen LogP contribution in [0.3, 0.4) is 0 Å². The lowest BCUT2D eigenvalue weighted by Gasteiger charge is -2.41. The molecule has 0 atom stereocenters. The first-order valence-electron chi connectivity index (χ1n) is 6.21. The van der Waals surface area contributed by atoms with Crippen LogP contribution in [-0.4, -0.2) is 30.3 Å². The number of rotatable bonds is 5. The molecule has 1 aromatic carbocycles. The van der Waals surface area contributed by atoms with Crippen LogP contribution in [0.15, 0.2) is 36.4 Å². The van der Waals surface area contributed by atoms with Gasteiger partial charge in [0.15, 0.2) is 5.60 Å². The molecule has 20 heavy (non-hydrogen) atoms. The van der Waals surface area contributed by atoms with Crippen molar-refractivity contribution in [2.75, 3.05) is 13.2 Å². The first kappa shape index (κ1) is 14.3. The minimum absolute atomic E-state index is 0.186. The summed E-state index contributed by atoms with van der Waals surface area (Å²) in [5, 5.41) is 8.72. The van der Waals surface area contributed by atoms with Crippen LogP contribution in [0.2, 0.25) is 0 Å². The van der Waals surface area contributed by atoms with Gasteiger partial charge in [0.1, 0.15) is 0 Å². The van der Waals surface area contributed by atoms with Crippen LogP contribution in [0.25, 0.3) is 0 Å². The van der Waals surface area contributed by atoms with E-state index in [-0.39, 0.29) is 25.2 Å². The van der Waals surface area contributed by atoms with Gasteiger partial charge in [-0.05, 0) is 6.92 Å². The minimum atomic E-state index is -1.20. The van der Waals surface area contributed by atoms with E-state index in [1.54, 1.807) is 0 Å². The Morgan fingerprint density at radius 2 is 1.95 bits per heavy atom. The van der Waals surface area contributed by atoms with Crippen LogP contribution in [-0.2, 0) is 24.7 Å². The van der Waals surface area contributed by atoms with Gasteiger partial charge >= 0.3 is 11.9 Å². The van der Waals surface area contributed by atoms with E-state index in [4.69, 9.17) is 14.6 Å². The zero-order valence-corrected chi connectivity index (χ0v) is 11.2. The third kappa shape index (κ3) is 2.88. The summed E-state index contributed by atoms with van der Waals surface area (Å²) in [5.41, 5.74) is 0.969. The number of benzene rings is 1. The number of esters is 1. The van der Waals surface area contributed by atoms with Crippen LogP contribution in [0.5, 0.6) is 0 Å². The fraction of sp³-hybridized carbons (Fsp3) is 0.333. The molecule has 5 heteroatoms. The molecule has 0 unspecified atom stereocenters. The Bertz CT molecular complexity index is 540. The normalized spacial score (nSPS) is 16.1. The maximum atomic E-state index is 11.8. The Morgan fingerprint density at radius 1 is 1.35 bits per heavy atom. The standard InChI is InChI=1S/C15H16O5/c1-10-3-5-12(6-4-10)15(8-19-9-15)20-13(16)7-11(2)14(17)18/h3-6H,2,7-9H2,1H3,(H,17,18). The minimum Gasteiger partial charge on any atom is -0.478 e.